The monoisotopic (exact) mass is 332 g/mol. The van der Waals surface area contributed by atoms with Gasteiger partial charge in [0.25, 0.3) is 0 Å². The molecule has 0 aliphatic heterocycles. The van der Waals surface area contributed by atoms with Crippen LogP contribution in [0, 0.1) is 0 Å². The normalized spacial score (nSPS) is 11.3. The Morgan fingerprint density at radius 3 is 2.78 bits per heavy atom. The molecule has 0 aromatic carbocycles. The molecule has 0 aliphatic carbocycles. The lowest BCUT2D eigenvalue weighted by Crippen LogP contribution is -2.38. The average molecular weight is 332 g/mol. The van der Waals surface area contributed by atoms with Gasteiger partial charge in [-0.2, -0.15) is 0 Å². The summed E-state index contributed by atoms with van der Waals surface area (Å²) in [5, 5.41) is 9.64. The molecule has 0 saturated heterocycles. The van der Waals surface area contributed by atoms with Crippen molar-refractivity contribution in [3.05, 3.63) is 41.2 Å². The summed E-state index contributed by atoms with van der Waals surface area (Å²) in [6.45, 7) is 4.25. The van der Waals surface area contributed by atoms with Crippen LogP contribution in [0.4, 0.5) is 5.13 Å². The van der Waals surface area contributed by atoms with Gasteiger partial charge in [-0.25, -0.2) is 9.98 Å². The van der Waals surface area contributed by atoms with E-state index in [-0.39, 0.29) is 0 Å². The molecular weight excluding hydrogens is 308 g/mol. The van der Waals surface area contributed by atoms with E-state index in [1.807, 2.05) is 43.4 Å². The molecule has 124 valence electrons. The molecule has 0 amide bonds. The van der Waals surface area contributed by atoms with E-state index in [2.05, 4.69) is 37.9 Å². The number of thiazole rings is 1. The van der Waals surface area contributed by atoms with Gasteiger partial charge in [0.05, 0.1) is 12.2 Å². The molecule has 2 aromatic heterocycles. The highest BCUT2D eigenvalue weighted by molar-refractivity contribution is 7.13. The third kappa shape index (κ3) is 5.86. The van der Waals surface area contributed by atoms with Crippen LogP contribution in [0.1, 0.15) is 18.3 Å². The number of pyridine rings is 1. The van der Waals surface area contributed by atoms with Crippen molar-refractivity contribution in [1.29, 1.82) is 0 Å². The first-order valence-corrected chi connectivity index (χ1v) is 8.61. The van der Waals surface area contributed by atoms with E-state index in [0.29, 0.717) is 6.54 Å². The Bertz CT molecular complexity index is 608. The van der Waals surface area contributed by atoms with Crippen molar-refractivity contribution < 1.29 is 0 Å². The second kappa shape index (κ2) is 9.09. The minimum Gasteiger partial charge on any atom is -0.357 e. The van der Waals surface area contributed by atoms with Crippen LogP contribution in [0.15, 0.2) is 34.8 Å². The number of aromatic nitrogens is 2. The Balaban J connectivity index is 1.86. The van der Waals surface area contributed by atoms with E-state index < -0.39 is 0 Å². The molecule has 2 N–H and O–H groups in total. The Labute approximate surface area is 141 Å². The quantitative estimate of drug-likeness (QED) is 0.599. The molecule has 6 nitrogen and oxygen atoms in total. The molecule has 0 bridgehead atoms. The smallest absolute Gasteiger partial charge is 0.191 e. The van der Waals surface area contributed by atoms with Crippen LogP contribution in [0.3, 0.4) is 0 Å². The number of nitrogens with zero attached hydrogens (tertiary/aromatic N) is 4. The van der Waals surface area contributed by atoms with E-state index >= 15 is 0 Å². The topological polar surface area (TPSA) is 65.4 Å². The summed E-state index contributed by atoms with van der Waals surface area (Å²) >= 11 is 1.63. The Morgan fingerprint density at radius 2 is 2.13 bits per heavy atom. The standard InChI is InChI=1S/C16H24N6S/c1-4-17-15(19-10-8-13-7-5-6-9-18-13)20-11-14-12-23-16(21-14)22(2)3/h5-7,9,12H,4,8,10-11H2,1-3H3,(H2,17,19,20). The van der Waals surface area contributed by atoms with Crippen LogP contribution in [0.25, 0.3) is 0 Å². The molecule has 23 heavy (non-hydrogen) atoms. The fourth-order valence-corrected chi connectivity index (χ4v) is 2.68. The average Bonchev–Trinajstić information content (AvgIpc) is 3.03. The molecule has 0 spiro atoms. The zero-order valence-electron chi connectivity index (χ0n) is 13.9. The number of anilines is 1. The predicted molar refractivity (Wildman–Crippen MR) is 97.2 cm³/mol. The van der Waals surface area contributed by atoms with Gasteiger partial charge in [-0.1, -0.05) is 6.07 Å². The molecule has 0 atom stereocenters. The van der Waals surface area contributed by atoms with E-state index in [1.165, 1.54) is 0 Å². The van der Waals surface area contributed by atoms with Gasteiger partial charge in [-0.05, 0) is 19.1 Å². The molecule has 0 fully saturated rings. The van der Waals surface area contributed by atoms with Gasteiger partial charge in [0.2, 0.25) is 0 Å². The second-order valence-electron chi connectivity index (χ2n) is 5.21. The summed E-state index contributed by atoms with van der Waals surface area (Å²) in [6, 6.07) is 5.97. The van der Waals surface area contributed by atoms with Crippen LogP contribution in [0.5, 0.6) is 0 Å². The van der Waals surface area contributed by atoms with Crippen LogP contribution in [-0.4, -0.2) is 43.1 Å². The zero-order chi connectivity index (χ0) is 16.5. The van der Waals surface area contributed by atoms with Crippen LogP contribution in [0.2, 0.25) is 0 Å². The van der Waals surface area contributed by atoms with E-state index in [4.69, 9.17) is 0 Å². The molecule has 2 rings (SSSR count). The molecule has 0 unspecified atom stereocenters. The Morgan fingerprint density at radius 1 is 1.26 bits per heavy atom. The lowest BCUT2D eigenvalue weighted by Gasteiger charge is -2.10. The Kier molecular flexibility index (Phi) is 6.80. The number of rotatable bonds is 7. The maximum atomic E-state index is 4.59. The lowest BCUT2D eigenvalue weighted by molar-refractivity contribution is 0.786. The number of hydrogen-bond donors (Lipinski definition) is 2. The Hall–Kier alpha value is -2.15. The maximum absolute atomic E-state index is 4.59. The van der Waals surface area contributed by atoms with Crippen molar-refractivity contribution in [3.8, 4) is 0 Å². The minimum atomic E-state index is 0.573. The van der Waals surface area contributed by atoms with Crippen molar-refractivity contribution in [3.63, 3.8) is 0 Å². The first kappa shape index (κ1) is 17.2. The van der Waals surface area contributed by atoms with Gasteiger partial charge < -0.3 is 15.5 Å². The van der Waals surface area contributed by atoms with Gasteiger partial charge in [0.15, 0.2) is 11.1 Å². The summed E-state index contributed by atoms with van der Waals surface area (Å²) in [7, 11) is 3.99. The van der Waals surface area contributed by atoms with Gasteiger partial charge in [-0.3, -0.25) is 4.98 Å². The molecular formula is C16H24N6S. The predicted octanol–water partition coefficient (Wildman–Crippen LogP) is 1.90. The summed E-state index contributed by atoms with van der Waals surface area (Å²) in [4.78, 5) is 15.5. The number of nitrogens with one attached hydrogen (secondary N) is 2. The highest BCUT2D eigenvalue weighted by atomic mass is 32.1. The molecule has 0 aliphatic rings. The van der Waals surface area contributed by atoms with Crippen LogP contribution >= 0.6 is 11.3 Å². The van der Waals surface area contributed by atoms with Crippen molar-refractivity contribution in [2.45, 2.75) is 19.9 Å². The summed E-state index contributed by atoms with van der Waals surface area (Å²) in [5.74, 6) is 0.808. The highest BCUT2D eigenvalue weighted by Gasteiger charge is 2.04. The van der Waals surface area contributed by atoms with Gasteiger partial charge in [0, 0.05) is 50.9 Å². The third-order valence-electron chi connectivity index (χ3n) is 3.07. The highest BCUT2D eigenvalue weighted by Crippen LogP contribution is 2.18. The molecule has 0 saturated carbocycles. The maximum Gasteiger partial charge on any atom is 0.191 e. The molecule has 7 heteroatoms. The van der Waals surface area contributed by atoms with Gasteiger partial charge in [0.1, 0.15) is 0 Å². The number of aliphatic imine (C=N–C) groups is 1. The van der Waals surface area contributed by atoms with E-state index in [1.54, 1.807) is 11.3 Å². The van der Waals surface area contributed by atoms with Crippen molar-refractivity contribution >= 4 is 22.4 Å². The van der Waals surface area contributed by atoms with E-state index in [0.717, 1.165) is 42.0 Å². The van der Waals surface area contributed by atoms with Crippen molar-refractivity contribution in [2.75, 3.05) is 32.1 Å². The van der Waals surface area contributed by atoms with Gasteiger partial charge >= 0.3 is 0 Å². The SMILES string of the molecule is CCNC(=NCc1csc(N(C)C)n1)NCCc1ccccn1. The first-order valence-electron chi connectivity index (χ1n) is 7.73. The third-order valence-corrected chi connectivity index (χ3v) is 4.12. The van der Waals surface area contributed by atoms with Gasteiger partial charge in [-0.15, -0.1) is 11.3 Å². The summed E-state index contributed by atoms with van der Waals surface area (Å²) in [5.41, 5.74) is 2.06. The zero-order valence-corrected chi connectivity index (χ0v) is 14.7. The largest absolute Gasteiger partial charge is 0.357 e. The first-order chi connectivity index (χ1) is 11.2. The number of guanidine groups is 1. The van der Waals surface area contributed by atoms with Crippen LogP contribution in [-0.2, 0) is 13.0 Å². The summed E-state index contributed by atoms with van der Waals surface area (Å²) < 4.78 is 0. The van der Waals surface area contributed by atoms with Crippen molar-refractivity contribution in [1.82, 2.24) is 20.6 Å². The minimum absolute atomic E-state index is 0.573. The second-order valence-corrected chi connectivity index (χ2v) is 6.05. The van der Waals surface area contributed by atoms with Crippen LogP contribution < -0.4 is 15.5 Å². The molecule has 0 radical (unpaired) electrons. The lowest BCUT2D eigenvalue weighted by atomic mass is 10.3. The summed E-state index contributed by atoms with van der Waals surface area (Å²) in [6.07, 6.45) is 2.69. The molecule has 2 aromatic rings. The molecule has 2 heterocycles. The number of hydrogen-bond acceptors (Lipinski definition) is 5. The fourth-order valence-electron chi connectivity index (χ4n) is 1.93. The van der Waals surface area contributed by atoms with E-state index in [9.17, 15) is 0 Å². The fraction of sp³-hybridized carbons (Fsp3) is 0.438. The van der Waals surface area contributed by atoms with Crippen molar-refractivity contribution in [2.24, 2.45) is 4.99 Å².